The monoisotopic (exact) mass is 409 g/mol. The number of nitrogens with one attached hydrogen (secondary N) is 1. The molecule has 0 spiro atoms. The van der Waals surface area contributed by atoms with Gasteiger partial charge in [-0.15, -0.1) is 12.6 Å². The summed E-state index contributed by atoms with van der Waals surface area (Å²) in [5.74, 6) is -0.331. The maximum Gasteiger partial charge on any atom is 0.256 e. The van der Waals surface area contributed by atoms with Crippen molar-refractivity contribution in [3.8, 4) is 0 Å². The number of amides is 1. The third kappa shape index (κ3) is 3.62. The lowest BCUT2D eigenvalue weighted by Crippen LogP contribution is -2.13. The van der Waals surface area contributed by atoms with Gasteiger partial charge in [-0.3, -0.25) is 4.79 Å². The van der Waals surface area contributed by atoms with Crippen LogP contribution in [0.25, 0.3) is 0 Å². The van der Waals surface area contributed by atoms with Gasteiger partial charge in [-0.1, -0.05) is 50.7 Å². The van der Waals surface area contributed by atoms with E-state index >= 15 is 0 Å². The summed E-state index contributed by atoms with van der Waals surface area (Å²) in [5.41, 5.74) is 0.820. The first kappa shape index (κ1) is 16.0. The molecule has 2 aromatic carbocycles. The van der Waals surface area contributed by atoms with Gasteiger partial charge in [-0.05, 0) is 30.3 Å². The molecule has 20 heavy (non-hydrogen) atoms. The van der Waals surface area contributed by atoms with E-state index in [9.17, 15) is 4.79 Å². The average molecular weight is 412 g/mol. The van der Waals surface area contributed by atoms with E-state index in [0.29, 0.717) is 31.2 Å². The molecule has 0 aliphatic carbocycles. The minimum absolute atomic E-state index is 0.311. The van der Waals surface area contributed by atoms with Crippen molar-refractivity contribution in [2.24, 2.45) is 0 Å². The second-order valence-electron chi connectivity index (χ2n) is 3.86. The summed E-state index contributed by atoms with van der Waals surface area (Å²) in [4.78, 5) is 12.7. The molecule has 2 rings (SSSR count). The summed E-state index contributed by atoms with van der Waals surface area (Å²) in [6.45, 7) is 0. The van der Waals surface area contributed by atoms with E-state index in [1.807, 2.05) is 0 Å². The van der Waals surface area contributed by atoms with Crippen LogP contribution in [-0.2, 0) is 0 Å². The number of hydrogen-bond donors (Lipinski definition) is 2. The fourth-order valence-electron chi connectivity index (χ4n) is 1.50. The molecule has 0 unspecified atom stereocenters. The van der Waals surface area contributed by atoms with Crippen LogP contribution in [0.15, 0.2) is 39.7 Å². The van der Waals surface area contributed by atoms with Gasteiger partial charge < -0.3 is 5.32 Å². The zero-order valence-electron chi connectivity index (χ0n) is 9.75. The van der Waals surface area contributed by atoms with Crippen molar-refractivity contribution in [1.29, 1.82) is 0 Å². The van der Waals surface area contributed by atoms with Crippen molar-refractivity contribution < 1.29 is 4.79 Å². The Morgan fingerprint density at radius 3 is 2.35 bits per heavy atom. The Morgan fingerprint density at radius 1 is 1.05 bits per heavy atom. The third-order valence-electron chi connectivity index (χ3n) is 2.46. The van der Waals surface area contributed by atoms with Crippen LogP contribution in [0, 0.1) is 0 Å². The molecule has 7 heteroatoms. The van der Waals surface area contributed by atoms with Gasteiger partial charge in [-0.25, -0.2) is 0 Å². The minimum atomic E-state index is -0.331. The number of anilines is 1. The summed E-state index contributed by atoms with van der Waals surface area (Å²) in [6.07, 6.45) is 0. The fraction of sp³-hybridized carbons (Fsp3) is 0. The Balaban J connectivity index is 2.30. The first-order valence-corrected chi connectivity index (χ1v) is 7.70. The van der Waals surface area contributed by atoms with E-state index in [-0.39, 0.29) is 5.91 Å². The van der Waals surface area contributed by atoms with Crippen LogP contribution in [0.3, 0.4) is 0 Å². The molecule has 0 saturated heterocycles. The molecule has 2 nitrogen and oxygen atoms in total. The molecule has 0 atom stereocenters. The quantitative estimate of drug-likeness (QED) is 0.464. The standard InChI is InChI=1S/C13H7BrCl3NOS/c14-6-1-2-7(12(20)3-6)13(19)18-11-5-9(16)8(15)4-10(11)17/h1-5,20H,(H,18,19). The van der Waals surface area contributed by atoms with Crippen molar-refractivity contribution in [1.82, 2.24) is 0 Å². The molecule has 1 N–H and O–H groups in total. The van der Waals surface area contributed by atoms with Gasteiger partial charge in [0.2, 0.25) is 0 Å². The van der Waals surface area contributed by atoms with Gasteiger partial charge in [0.15, 0.2) is 0 Å². The Morgan fingerprint density at radius 2 is 1.70 bits per heavy atom. The second kappa shape index (κ2) is 6.58. The summed E-state index contributed by atoms with van der Waals surface area (Å²) in [7, 11) is 0. The Labute approximate surface area is 144 Å². The van der Waals surface area contributed by atoms with Crippen molar-refractivity contribution in [3.05, 3.63) is 55.4 Å². The zero-order valence-corrected chi connectivity index (χ0v) is 14.5. The van der Waals surface area contributed by atoms with E-state index < -0.39 is 0 Å². The Hall–Kier alpha value is -0.390. The highest BCUT2D eigenvalue weighted by molar-refractivity contribution is 9.10. The highest BCUT2D eigenvalue weighted by Gasteiger charge is 2.13. The average Bonchev–Trinajstić information content (AvgIpc) is 2.35. The molecule has 0 aliphatic rings. The Kier molecular flexibility index (Phi) is 5.26. The molecule has 0 heterocycles. The molecule has 0 aliphatic heterocycles. The predicted molar refractivity (Wildman–Crippen MR) is 90.8 cm³/mol. The number of halogens is 4. The van der Waals surface area contributed by atoms with Crippen LogP contribution in [-0.4, -0.2) is 5.91 Å². The molecular formula is C13H7BrCl3NOS. The minimum Gasteiger partial charge on any atom is -0.321 e. The zero-order chi connectivity index (χ0) is 14.9. The summed E-state index contributed by atoms with van der Waals surface area (Å²) in [5, 5.41) is 3.63. The molecule has 0 bridgehead atoms. The highest BCUT2D eigenvalue weighted by atomic mass is 79.9. The Bertz CT molecular complexity index is 694. The normalized spacial score (nSPS) is 10.4. The van der Waals surface area contributed by atoms with Gasteiger partial charge in [0.05, 0.1) is 26.3 Å². The van der Waals surface area contributed by atoms with Crippen molar-refractivity contribution >= 4 is 75.0 Å². The molecule has 0 radical (unpaired) electrons. The molecule has 104 valence electrons. The first-order chi connectivity index (χ1) is 9.38. The van der Waals surface area contributed by atoms with Gasteiger partial charge >= 0.3 is 0 Å². The molecule has 0 aromatic heterocycles. The molecule has 2 aromatic rings. The van der Waals surface area contributed by atoms with Crippen LogP contribution >= 0.6 is 63.4 Å². The fourth-order valence-corrected chi connectivity index (χ4v) is 2.95. The maximum absolute atomic E-state index is 12.2. The van der Waals surface area contributed by atoms with Crippen LogP contribution in [0.4, 0.5) is 5.69 Å². The van der Waals surface area contributed by atoms with Crippen LogP contribution < -0.4 is 5.32 Å². The van der Waals surface area contributed by atoms with E-state index in [0.717, 1.165) is 4.47 Å². The number of hydrogen-bond acceptors (Lipinski definition) is 2. The van der Waals surface area contributed by atoms with Gasteiger partial charge in [0.25, 0.3) is 5.91 Å². The third-order valence-corrected chi connectivity index (χ3v) is 4.36. The van der Waals surface area contributed by atoms with Crippen LogP contribution in [0.2, 0.25) is 15.1 Å². The SMILES string of the molecule is O=C(Nc1cc(Cl)c(Cl)cc1Cl)c1ccc(Br)cc1S. The lowest BCUT2D eigenvalue weighted by atomic mass is 10.2. The number of carbonyl (C=O) groups is 1. The van der Waals surface area contributed by atoms with Crippen LogP contribution in [0.5, 0.6) is 0 Å². The number of rotatable bonds is 2. The van der Waals surface area contributed by atoms with Crippen LogP contribution in [0.1, 0.15) is 10.4 Å². The summed E-state index contributed by atoms with van der Waals surface area (Å²) in [6, 6.07) is 8.12. The lowest BCUT2D eigenvalue weighted by molar-refractivity contribution is 0.102. The van der Waals surface area contributed by atoms with Gasteiger partial charge in [0.1, 0.15) is 0 Å². The van der Waals surface area contributed by atoms with E-state index in [4.69, 9.17) is 34.8 Å². The smallest absolute Gasteiger partial charge is 0.256 e. The molecule has 0 fully saturated rings. The van der Waals surface area contributed by atoms with Crippen molar-refractivity contribution in [2.45, 2.75) is 4.90 Å². The largest absolute Gasteiger partial charge is 0.321 e. The van der Waals surface area contributed by atoms with E-state index in [2.05, 4.69) is 33.9 Å². The number of benzene rings is 2. The molecule has 0 saturated carbocycles. The summed E-state index contributed by atoms with van der Waals surface area (Å²) >= 11 is 25.3. The predicted octanol–water partition coefficient (Wildman–Crippen LogP) is 5.95. The second-order valence-corrected chi connectivity index (χ2v) is 6.48. The molecular weight excluding hydrogens is 404 g/mol. The lowest BCUT2D eigenvalue weighted by Gasteiger charge is -2.10. The number of carbonyl (C=O) groups excluding carboxylic acids is 1. The van der Waals surface area contributed by atoms with E-state index in [1.165, 1.54) is 12.1 Å². The topological polar surface area (TPSA) is 29.1 Å². The van der Waals surface area contributed by atoms with Gasteiger partial charge in [0, 0.05) is 9.37 Å². The highest BCUT2D eigenvalue weighted by Crippen LogP contribution is 2.32. The van der Waals surface area contributed by atoms with Crippen molar-refractivity contribution in [3.63, 3.8) is 0 Å². The first-order valence-electron chi connectivity index (χ1n) is 5.33. The molecule has 1 amide bonds. The number of thiol groups is 1. The van der Waals surface area contributed by atoms with Gasteiger partial charge in [-0.2, -0.15) is 0 Å². The maximum atomic E-state index is 12.2. The van der Waals surface area contributed by atoms with E-state index in [1.54, 1.807) is 18.2 Å². The summed E-state index contributed by atoms with van der Waals surface area (Å²) < 4.78 is 0.839. The van der Waals surface area contributed by atoms with Crippen molar-refractivity contribution in [2.75, 3.05) is 5.32 Å².